The summed E-state index contributed by atoms with van der Waals surface area (Å²) in [5, 5.41) is 0. The zero-order valence-corrected chi connectivity index (χ0v) is 19.3. The molecule has 0 atom stereocenters. The van der Waals surface area contributed by atoms with Gasteiger partial charge in [-0.1, -0.05) is 17.7 Å². The summed E-state index contributed by atoms with van der Waals surface area (Å²) in [6, 6.07) is 10.6. The number of carbonyl (C=O) groups excluding carboxylic acids is 1. The lowest BCUT2D eigenvalue weighted by atomic mass is 10.1. The van der Waals surface area contributed by atoms with Crippen molar-refractivity contribution >= 4 is 27.0 Å². The normalized spacial score (nSPS) is 15.2. The predicted octanol–water partition coefficient (Wildman–Crippen LogP) is 3.05. The Morgan fingerprint density at radius 3 is 2.59 bits per heavy atom. The third kappa shape index (κ3) is 4.28. The van der Waals surface area contributed by atoms with E-state index in [0.29, 0.717) is 49.8 Å². The molecule has 0 saturated carbocycles. The molecule has 1 aliphatic heterocycles. The standard InChI is InChI=1S/C23H27N3O5S/c1-4-26-21-8-7-18(32(28,29)25-9-11-30-12-10-25)14-20(21)24-22(26)15-31-23(27)19-13-16(2)5-6-17(19)3/h5-8,13-14H,4,9-12,15H2,1-3H3. The Hall–Kier alpha value is -2.75. The maximum Gasteiger partial charge on any atom is 0.338 e. The zero-order chi connectivity index (χ0) is 22.9. The molecule has 170 valence electrons. The molecule has 1 saturated heterocycles. The number of carbonyl (C=O) groups is 1. The molecule has 0 bridgehead atoms. The number of ether oxygens (including phenoxy) is 2. The Kier molecular flexibility index (Phi) is 6.32. The number of aryl methyl sites for hydroxylation is 3. The Morgan fingerprint density at radius 2 is 1.88 bits per heavy atom. The fourth-order valence-corrected chi connectivity index (χ4v) is 5.31. The summed E-state index contributed by atoms with van der Waals surface area (Å²) in [5.74, 6) is 0.165. The van der Waals surface area contributed by atoms with Crippen molar-refractivity contribution < 1.29 is 22.7 Å². The topological polar surface area (TPSA) is 90.7 Å². The van der Waals surface area contributed by atoms with Crippen LogP contribution in [0, 0.1) is 13.8 Å². The van der Waals surface area contributed by atoms with Crippen molar-refractivity contribution in [2.24, 2.45) is 0 Å². The lowest BCUT2D eigenvalue weighted by Gasteiger charge is -2.26. The van der Waals surface area contributed by atoms with E-state index in [1.807, 2.05) is 43.5 Å². The molecule has 0 N–H and O–H groups in total. The largest absolute Gasteiger partial charge is 0.454 e. The highest BCUT2D eigenvalue weighted by atomic mass is 32.2. The van der Waals surface area contributed by atoms with Gasteiger partial charge in [-0.25, -0.2) is 18.2 Å². The van der Waals surface area contributed by atoms with Crippen molar-refractivity contribution in [1.29, 1.82) is 0 Å². The molecule has 0 spiro atoms. The van der Waals surface area contributed by atoms with Gasteiger partial charge < -0.3 is 14.0 Å². The van der Waals surface area contributed by atoms with Gasteiger partial charge in [-0.3, -0.25) is 0 Å². The second-order valence-electron chi connectivity index (χ2n) is 7.83. The minimum atomic E-state index is -3.62. The summed E-state index contributed by atoms with van der Waals surface area (Å²) < 4.78 is 40.2. The molecular weight excluding hydrogens is 430 g/mol. The number of fused-ring (bicyclic) bond motifs is 1. The summed E-state index contributed by atoms with van der Waals surface area (Å²) in [5.41, 5.74) is 3.72. The van der Waals surface area contributed by atoms with Gasteiger partial charge in [-0.15, -0.1) is 0 Å². The van der Waals surface area contributed by atoms with E-state index in [1.165, 1.54) is 4.31 Å². The minimum Gasteiger partial charge on any atom is -0.454 e. The molecule has 0 unspecified atom stereocenters. The van der Waals surface area contributed by atoms with Crippen molar-refractivity contribution in [2.45, 2.75) is 38.8 Å². The number of benzene rings is 2. The molecule has 2 heterocycles. The average molecular weight is 458 g/mol. The molecule has 0 amide bonds. The lowest BCUT2D eigenvalue weighted by molar-refractivity contribution is 0.0457. The molecule has 1 aromatic heterocycles. The van der Waals surface area contributed by atoms with Crippen molar-refractivity contribution in [1.82, 2.24) is 13.9 Å². The second-order valence-corrected chi connectivity index (χ2v) is 9.77. The number of rotatable bonds is 6. The van der Waals surface area contributed by atoms with Gasteiger partial charge >= 0.3 is 5.97 Å². The van der Waals surface area contributed by atoms with Gasteiger partial charge in [0.2, 0.25) is 10.0 Å². The number of hydrogen-bond donors (Lipinski definition) is 0. The van der Waals surface area contributed by atoms with Crippen LogP contribution in [-0.2, 0) is 32.6 Å². The first-order chi connectivity index (χ1) is 15.3. The summed E-state index contributed by atoms with van der Waals surface area (Å²) in [6.07, 6.45) is 0. The monoisotopic (exact) mass is 457 g/mol. The minimum absolute atomic E-state index is 0.000280. The molecule has 1 fully saturated rings. The van der Waals surface area contributed by atoms with Crippen molar-refractivity contribution in [3.05, 3.63) is 58.9 Å². The Bertz CT molecular complexity index is 1260. The van der Waals surface area contributed by atoms with E-state index in [-0.39, 0.29) is 11.5 Å². The van der Waals surface area contributed by atoms with Crippen LogP contribution in [0.1, 0.15) is 34.2 Å². The number of aromatic nitrogens is 2. The van der Waals surface area contributed by atoms with Gasteiger partial charge in [-0.2, -0.15) is 4.31 Å². The Labute approximate surface area is 187 Å². The molecule has 0 aliphatic carbocycles. The smallest absolute Gasteiger partial charge is 0.338 e. The Morgan fingerprint density at radius 1 is 1.12 bits per heavy atom. The van der Waals surface area contributed by atoms with Gasteiger partial charge in [0.1, 0.15) is 12.4 Å². The van der Waals surface area contributed by atoms with E-state index in [9.17, 15) is 13.2 Å². The van der Waals surface area contributed by atoms with E-state index in [0.717, 1.165) is 16.6 Å². The number of esters is 1. The molecular formula is C23H27N3O5S. The maximum atomic E-state index is 13.0. The van der Waals surface area contributed by atoms with Crippen LogP contribution in [0.2, 0.25) is 0 Å². The van der Waals surface area contributed by atoms with Crippen LogP contribution in [0.4, 0.5) is 0 Å². The highest BCUT2D eigenvalue weighted by molar-refractivity contribution is 7.89. The van der Waals surface area contributed by atoms with Gasteiger partial charge in [-0.05, 0) is 50.6 Å². The maximum absolute atomic E-state index is 13.0. The molecule has 4 rings (SSSR count). The van der Waals surface area contributed by atoms with Gasteiger partial charge in [0.25, 0.3) is 0 Å². The summed E-state index contributed by atoms with van der Waals surface area (Å²) in [6.45, 7) is 7.83. The predicted molar refractivity (Wildman–Crippen MR) is 120 cm³/mol. The first-order valence-corrected chi connectivity index (χ1v) is 12.1. The molecule has 8 nitrogen and oxygen atoms in total. The first-order valence-electron chi connectivity index (χ1n) is 10.6. The summed E-state index contributed by atoms with van der Waals surface area (Å²) in [7, 11) is -3.62. The first kappa shape index (κ1) is 22.4. The van der Waals surface area contributed by atoms with Crippen LogP contribution in [0.15, 0.2) is 41.3 Å². The number of sulfonamides is 1. The van der Waals surface area contributed by atoms with Crippen molar-refractivity contribution in [3.63, 3.8) is 0 Å². The van der Waals surface area contributed by atoms with Crippen LogP contribution >= 0.6 is 0 Å². The lowest BCUT2D eigenvalue weighted by Crippen LogP contribution is -2.40. The number of imidazole rings is 1. The quantitative estimate of drug-likeness (QED) is 0.529. The highest BCUT2D eigenvalue weighted by Gasteiger charge is 2.27. The van der Waals surface area contributed by atoms with Gasteiger partial charge in [0.05, 0.1) is 34.7 Å². The summed E-state index contributed by atoms with van der Waals surface area (Å²) in [4.78, 5) is 17.4. The molecule has 0 radical (unpaired) electrons. The highest BCUT2D eigenvalue weighted by Crippen LogP contribution is 2.24. The van der Waals surface area contributed by atoms with Crippen molar-refractivity contribution in [2.75, 3.05) is 26.3 Å². The number of nitrogens with zero attached hydrogens (tertiary/aromatic N) is 3. The third-order valence-electron chi connectivity index (χ3n) is 5.67. The molecule has 2 aromatic carbocycles. The number of hydrogen-bond acceptors (Lipinski definition) is 6. The molecule has 1 aliphatic rings. The van der Waals surface area contributed by atoms with E-state index < -0.39 is 16.0 Å². The van der Waals surface area contributed by atoms with Gasteiger partial charge in [0, 0.05) is 19.6 Å². The molecule has 9 heteroatoms. The van der Waals surface area contributed by atoms with Crippen LogP contribution in [-0.4, -0.2) is 54.5 Å². The van der Waals surface area contributed by atoms with Crippen molar-refractivity contribution in [3.8, 4) is 0 Å². The second kappa shape index (κ2) is 9.01. The van der Waals surface area contributed by atoms with Gasteiger partial charge in [0.15, 0.2) is 0 Å². The average Bonchev–Trinajstić information content (AvgIpc) is 3.16. The number of morpholine rings is 1. The van der Waals surface area contributed by atoms with E-state index in [4.69, 9.17) is 9.47 Å². The van der Waals surface area contributed by atoms with Crippen LogP contribution in [0.25, 0.3) is 11.0 Å². The van der Waals surface area contributed by atoms with Crippen LogP contribution in [0.3, 0.4) is 0 Å². The van der Waals surface area contributed by atoms with E-state index in [2.05, 4.69) is 4.98 Å². The fraction of sp³-hybridized carbons (Fsp3) is 0.391. The third-order valence-corrected chi connectivity index (χ3v) is 7.56. The van der Waals surface area contributed by atoms with Crippen LogP contribution < -0.4 is 0 Å². The summed E-state index contributed by atoms with van der Waals surface area (Å²) >= 11 is 0. The van der Waals surface area contributed by atoms with E-state index >= 15 is 0 Å². The molecule has 32 heavy (non-hydrogen) atoms. The van der Waals surface area contributed by atoms with E-state index in [1.54, 1.807) is 18.2 Å². The SMILES string of the molecule is CCn1c(COC(=O)c2cc(C)ccc2C)nc2cc(S(=O)(=O)N3CCOCC3)ccc21. The molecule has 3 aromatic rings. The zero-order valence-electron chi connectivity index (χ0n) is 18.5. The Balaban J connectivity index is 1.60. The van der Waals surface area contributed by atoms with Crippen LogP contribution in [0.5, 0.6) is 0 Å². The fourth-order valence-electron chi connectivity index (χ4n) is 3.88.